The Morgan fingerprint density at radius 3 is 2.76 bits per heavy atom. The number of hydrogen-bond donors (Lipinski definition) is 1. The van der Waals surface area contributed by atoms with Crippen LogP contribution in [0.25, 0.3) is 0 Å². The SMILES string of the molecule is COCC(C)NC(=O)N1CCN(Cc2csc(C)n2)CC1. The van der Waals surface area contributed by atoms with Crippen LogP contribution < -0.4 is 5.32 Å². The zero-order chi connectivity index (χ0) is 15.2. The zero-order valence-electron chi connectivity index (χ0n) is 13.0. The Morgan fingerprint density at radius 1 is 1.48 bits per heavy atom. The van der Waals surface area contributed by atoms with Crippen LogP contribution in [0.3, 0.4) is 0 Å². The Balaban J connectivity index is 1.73. The molecule has 0 spiro atoms. The van der Waals surface area contributed by atoms with E-state index in [1.165, 1.54) is 0 Å². The van der Waals surface area contributed by atoms with Gasteiger partial charge in [-0.25, -0.2) is 9.78 Å². The smallest absolute Gasteiger partial charge is 0.317 e. The van der Waals surface area contributed by atoms with Crippen molar-refractivity contribution in [3.8, 4) is 0 Å². The van der Waals surface area contributed by atoms with Crippen molar-refractivity contribution in [2.24, 2.45) is 0 Å². The van der Waals surface area contributed by atoms with Gasteiger partial charge in [-0.1, -0.05) is 0 Å². The van der Waals surface area contributed by atoms with Crippen molar-refractivity contribution in [1.29, 1.82) is 0 Å². The first-order chi connectivity index (χ1) is 10.1. The molecule has 2 heterocycles. The Labute approximate surface area is 130 Å². The average Bonchev–Trinajstić information content (AvgIpc) is 2.85. The molecule has 1 atom stereocenters. The van der Waals surface area contributed by atoms with Crippen LogP contribution in [-0.2, 0) is 11.3 Å². The maximum atomic E-state index is 12.1. The van der Waals surface area contributed by atoms with E-state index in [9.17, 15) is 4.79 Å². The number of carbonyl (C=O) groups is 1. The van der Waals surface area contributed by atoms with E-state index < -0.39 is 0 Å². The van der Waals surface area contributed by atoms with E-state index >= 15 is 0 Å². The quantitative estimate of drug-likeness (QED) is 0.891. The highest BCUT2D eigenvalue weighted by atomic mass is 32.1. The van der Waals surface area contributed by atoms with Crippen molar-refractivity contribution >= 4 is 17.4 Å². The lowest BCUT2D eigenvalue weighted by Crippen LogP contribution is -2.53. The number of aryl methyl sites for hydroxylation is 1. The number of carbonyl (C=O) groups excluding carboxylic acids is 1. The second kappa shape index (κ2) is 7.72. The molecule has 1 saturated heterocycles. The van der Waals surface area contributed by atoms with Crippen molar-refractivity contribution in [3.63, 3.8) is 0 Å². The second-order valence-electron chi connectivity index (χ2n) is 5.43. The monoisotopic (exact) mass is 312 g/mol. The molecule has 1 aromatic heterocycles. The van der Waals surface area contributed by atoms with Gasteiger partial charge in [0.2, 0.25) is 0 Å². The molecule has 1 unspecified atom stereocenters. The number of methoxy groups -OCH3 is 1. The fourth-order valence-corrected chi connectivity index (χ4v) is 3.02. The number of nitrogens with one attached hydrogen (secondary N) is 1. The van der Waals surface area contributed by atoms with Crippen LogP contribution in [0.5, 0.6) is 0 Å². The van der Waals surface area contributed by atoms with E-state index in [-0.39, 0.29) is 12.1 Å². The number of amides is 2. The number of piperazine rings is 1. The van der Waals surface area contributed by atoms with Crippen LogP contribution in [0, 0.1) is 6.92 Å². The minimum absolute atomic E-state index is 0.00343. The predicted molar refractivity (Wildman–Crippen MR) is 83.6 cm³/mol. The van der Waals surface area contributed by atoms with Crippen molar-refractivity contribution < 1.29 is 9.53 Å². The molecule has 1 N–H and O–H groups in total. The summed E-state index contributed by atoms with van der Waals surface area (Å²) in [4.78, 5) is 20.8. The summed E-state index contributed by atoms with van der Waals surface area (Å²) in [5.74, 6) is 0. The number of nitrogens with zero attached hydrogens (tertiary/aromatic N) is 3. The normalized spacial score (nSPS) is 17.8. The molecule has 1 fully saturated rings. The van der Waals surface area contributed by atoms with Gasteiger partial charge < -0.3 is 15.0 Å². The molecule has 2 amide bonds. The largest absolute Gasteiger partial charge is 0.383 e. The lowest BCUT2D eigenvalue weighted by molar-refractivity contribution is 0.125. The van der Waals surface area contributed by atoms with Crippen molar-refractivity contribution in [3.05, 3.63) is 16.1 Å². The summed E-state index contributed by atoms with van der Waals surface area (Å²) >= 11 is 1.69. The summed E-state index contributed by atoms with van der Waals surface area (Å²) in [6.07, 6.45) is 0. The van der Waals surface area contributed by atoms with Gasteiger partial charge in [0.1, 0.15) is 0 Å². The summed E-state index contributed by atoms with van der Waals surface area (Å²) in [7, 11) is 1.64. The molecule has 118 valence electrons. The summed E-state index contributed by atoms with van der Waals surface area (Å²) < 4.78 is 5.03. The summed E-state index contributed by atoms with van der Waals surface area (Å²) in [5.41, 5.74) is 1.13. The van der Waals surface area contributed by atoms with Gasteiger partial charge in [-0.3, -0.25) is 4.90 Å². The number of hydrogen-bond acceptors (Lipinski definition) is 5. The molecule has 0 bridgehead atoms. The number of thiazole rings is 1. The highest BCUT2D eigenvalue weighted by Crippen LogP contribution is 2.12. The van der Waals surface area contributed by atoms with Gasteiger partial charge in [0.05, 0.1) is 23.4 Å². The van der Waals surface area contributed by atoms with Gasteiger partial charge in [0, 0.05) is 45.2 Å². The van der Waals surface area contributed by atoms with Gasteiger partial charge in [-0.2, -0.15) is 0 Å². The van der Waals surface area contributed by atoms with Crippen LogP contribution in [0.15, 0.2) is 5.38 Å². The second-order valence-corrected chi connectivity index (χ2v) is 6.49. The predicted octanol–water partition coefficient (Wildman–Crippen LogP) is 1.31. The third kappa shape index (κ3) is 4.94. The van der Waals surface area contributed by atoms with Gasteiger partial charge >= 0.3 is 6.03 Å². The summed E-state index contributed by atoms with van der Waals surface area (Å²) in [5, 5.41) is 6.17. The number of rotatable bonds is 5. The first-order valence-electron chi connectivity index (χ1n) is 7.26. The molecule has 0 aromatic carbocycles. The van der Waals surface area contributed by atoms with Crippen LogP contribution in [-0.4, -0.2) is 66.8 Å². The Bertz CT molecular complexity index is 458. The molecule has 1 aromatic rings. The van der Waals surface area contributed by atoms with Crippen LogP contribution in [0.4, 0.5) is 4.79 Å². The molecule has 0 radical (unpaired) electrons. The molecule has 6 nitrogen and oxygen atoms in total. The average molecular weight is 312 g/mol. The molecule has 1 aliphatic heterocycles. The van der Waals surface area contributed by atoms with Crippen molar-refractivity contribution in [2.45, 2.75) is 26.4 Å². The molecule has 7 heteroatoms. The lowest BCUT2D eigenvalue weighted by Gasteiger charge is -2.34. The third-order valence-corrected chi connectivity index (χ3v) is 4.32. The van der Waals surface area contributed by atoms with Gasteiger partial charge in [-0.05, 0) is 13.8 Å². The Hall–Kier alpha value is -1.18. The first kappa shape index (κ1) is 16.2. The lowest BCUT2D eigenvalue weighted by atomic mass is 10.3. The highest BCUT2D eigenvalue weighted by molar-refractivity contribution is 7.09. The van der Waals surface area contributed by atoms with Crippen LogP contribution in [0.2, 0.25) is 0 Å². The fourth-order valence-electron chi connectivity index (χ4n) is 2.41. The number of aromatic nitrogens is 1. The molecule has 0 saturated carbocycles. The number of urea groups is 1. The molecule has 2 rings (SSSR count). The van der Waals surface area contributed by atoms with E-state index in [1.807, 2.05) is 18.7 Å². The Morgan fingerprint density at radius 2 is 2.19 bits per heavy atom. The van der Waals surface area contributed by atoms with E-state index in [0.29, 0.717) is 6.61 Å². The van der Waals surface area contributed by atoms with Gasteiger partial charge in [0.15, 0.2) is 0 Å². The first-order valence-corrected chi connectivity index (χ1v) is 8.14. The molecular weight excluding hydrogens is 288 g/mol. The van der Waals surface area contributed by atoms with Crippen LogP contribution in [0.1, 0.15) is 17.6 Å². The highest BCUT2D eigenvalue weighted by Gasteiger charge is 2.22. The molecular formula is C14H24N4O2S. The number of ether oxygens (including phenoxy) is 1. The Kier molecular flexibility index (Phi) is 5.96. The van der Waals surface area contributed by atoms with E-state index in [0.717, 1.165) is 43.4 Å². The van der Waals surface area contributed by atoms with Gasteiger partial charge in [-0.15, -0.1) is 11.3 Å². The summed E-state index contributed by atoms with van der Waals surface area (Å²) in [6.45, 7) is 8.68. The maximum Gasteiger partial charge on any atom is 0.317 e. The fraction of sp³-hybridized carbons (Fsp3) is 0.714. The molecule has 1 aliphatic rings. The van der Waals surface area contributed by atoms with Crippen molar-refractivity contribution in [2.75, 3.05) is 39.9 Å². The van der Waals surface area contributed by atoms with E-state index in [2.05, 4.69) is 20.6 Å². The molecule has 0 aliphatic carbocycles. The topological polar surface area (TPSA) is 57.7 Å². The van der Waals surface area contributed by atoms with Crippen LogP contribution >= 0.6 is 11.3 Å². The standard InChI is InChI=1S/C14H24N4O2S/c1-11(9-20-3)15-14(19)18-6-4-17(5-7-18)8-13-10-21-12(2)16-13/h10-11H,4-9H2,1-3H3,(H,15,19). The minimum atomic E-state index is 0.00343. The molecule has 21 heavy (non-hydrogen) atoms. The summed E-state index contributed by atoms with van der Waals surface area (Å²) in [6, 6.07) is 0.0437. The van der Waals surface area contributed by atoms with Crippen molar-refractivity contribution in [1.82, 2.24) is 20.1 Å². The zero-order valence-corrected chi connectivity index (χ0v) is 13.8. The maximum absolute atomic E-state index is 12.1. The van der Waals surface area contributed by atoms with E-state index in [4.69, 9.17) is 4.74 Å². The van der Waals surface area contributed by atoms with E-state index in [1.54, 1.807) is 18.4 Å². The third-order valence-electron chi connectivity index (χ3n) is 3.50. The van der Waals surface area contributed by atoms with Gasteiger partial charge in [0.25, 0.3) is 0 Å². The minimum Gasteiger partial charge on any atom is -0.383 e.